The van der Waals surface area contributed by atoms with E-state index in [1.807, 2.05) is 19.1 Å². The zero-order valence-electron chi connectivity index (χ0n) is 20.8. The summed E-state index contributed by atoms with van der Waals surface area (Å²) >= 11 is 0. The molecule has 1 aliphatic rings. The fourth-order valence-corrected chi connectivity index (χ4v) is 4.59. The number of phenols is 1. The fraction of sp³-hybridized carbons (Fsp3) is 0.233. The highest BCUT2D eigenvalue weighted by Gasteiger charge is 2.27. The van der Waals surface area contributed by atoms with Crippen molar-refractivity contribution in [2.75, 3.05) is 0 Å². The zero-order chi connectivity index (χ0) is 28.3. The van der Waals surface area contributed by atoms with Crippen LogP contribution in [0.25, 0.3) is 5.57 Å². The van der Waals surface area contributed by atoms with Crippen molar-refractivity contribution in [3.05, 3.63) is 112 Å². The SMILES string of the molecule is C/C=C/CCc1ccc(C2CC=C(c3ccc(C(=O)Oc4ccc(O)c(F)c4F)c(F)c3F)CC2)c(F)c1F. The van der Waals surface area contributed by atoms with E-state index in [9.17, 15) is 31.1 Å². The smallest absolute Gasteiger partial charge is 0.346 e. The maximum Gasteiger partial charge on any atom is 0.346 e. The van der Waals surface area contributed by atoms with Crippen LogP contribution in [0.2, 0.25) is 0 Å². The molecule has 4 rings (SSSR count). The normalized spacial score (nSPS) is 15.5. The molecule has 0 saturated heterocycles. The van der Waals surface area contributed by atoms with Crippen molar-refractivity contribution in [1.82, 2.24) is 0 Å². The molecule has 0 bridgehead atoms. The van der Waals surface area contributed by atoms with Crippen LogP contribution in [-0.4, -0.2) is 11.1 Å². The molecule has 1 N–H and O–H groups in total. The molecule has 0 amide bonds. The Morgan fingerprint density at radius 1 is 0.923 bits per heavy atom. The number of carbonyl (C=O) groups is 1. The quantitative estimate of drug-likeness (QED) is 0.140. The minimum absolute atomic E-state index is 0.115. The monoisotopic (exact) mass is 546 g/mol. The number of carbonyl (C=O) groups excluding carboxylic acids is 1. The standard InChI is InChI=1S/C30H24F6O3/c1-2-3-4-5-18-10-11-19(25(32)24(18)31)16-6-8-17(9-7-16)20-12-13-21(27(34)26(20)33)30(38)39-23-15-14-22(37)28(35)29(23)36/h2-3,8,10-16,37H,4-7,9H2,1H3/b3-2+. The molecule has 0 saturated carbocycles. The number of allylic oxidation sites excluding steroid dienone is 4. The fourth-order valence-electron chi connectivity index (χ4n) is 4.59. The zero-order valence-corrected chi connectivity index (χ0v) is 20.8. The van der Waals surface area contributed by atoms with Gasteiger partial charge in [0, 0.05) is 5.56 Å². The summed E-state index contributed by atoms with van der Waals surface area (Å²) in [6.07, 6.45) is 7.15. The molecule has 39 heavy (non-hydrogen) atoms. The van der Waals surface area contributed by atoms with Crippen LogP contribution in [0, 0.1) is 34.9 Å². The van der Waals surface area contributed by atoms with E-state index < -0.39 is 57.9 Å². The predicted molar refractivity (Wildman–Crippen MR) is 133 cm³/mol. The largest absolute Gasteiger partial charge is 0.505 e. The second-order valence-corrected chi connectivity index (χ2v) is 9.14. The second-order valence-electron chi connectivity index (χ2n) is 9.14. The van der Waals surface area contributed by atoms with Crippen molar-refractivity contribution in [1.29, 1.82) is 0 Å². The van der Waals surface area contributed by atoms with Crippen LogP contribution in [0.15, 0.2) is 54.6 Å². The number of rotatable bonds is 7. The van der Waals surface area contributed by atoms with Gasteiger partial charge in [-0.3, -0.25) is 0 Å². The number of aryl methyl sites for hydroxylation is 1. The molecule has 1 unspecified atom stereocenters. The van der Waals surface area contributed by atoms with Gasteiger partial charge in [-0.05, 0) is 79.8 Å². The topological polar surface area (TPSA) is 46.5 Å². The minimum Gasteiger partial charge on any atom is -0.505 e. The Morgan fingerprint density at radius 2 is 1.69 bits per heavy atom. The van der Waals surface area contributed by atoms with Crippen LogP contribution in [0.1, 0.15) is 65.6 Å². The van der Waals surface area contributed by atoms with Gasteiger partial charge in [-0.1, -0.05) is 36.4 Å². The molecule has 0 fully saturated rings. The molecule has 3 aromatic rings. The Morgan fingerprint density at radius 3 is 2.38 bits per heavy atom. The number of phenolic OH excluding ortho intramolecular Hbond substituents is 1. The van der Waals surface area contributed by atoms with Crippen molar-refractivity contribution in [2.24, 2.45) is 0 Å². The lowest BCUT2D eigenvalue weighted by Gasteiger charge is -2.24. The molecule has 1 aliphatic carbocycles. The van der Waals surface area contributed by atoms with Gasteiger partial charge in [0.15, 0.2) is 34.8 Å². The molecule has 0 heterocycles. The lowest BCUT2D eigenvalue weighted by molar-refractivity contribution is 0.0720. The van der Waals surface area contributed by atoms with E-state index in [1.54, 1.807) is 18.2 Å². The maximum atomic E-state index is 14.9. The summed E-state index contributed by atoms with van der Waals surface area (Å²) < 4.78 is 91.2. The molecule has 0 aliphatic heterocycles. The van der Waals surface area contributed by atoms with Crippen LogP contribution in [-0.2, 0) is 6.42 Å². The number of ether oxygens (including phenoxy) is 1. The lowest BCUT2D eigenvalue weighted by Crippen LogP contribution is -2.14. The molecule has 9 heteroatoms. The summed E-state index contributed by atoms with van der Waals surface area (Å²) in [7, 11) is 0. The van der Waals surface area contributed by atoms with Gasteiger partial charge >= 0.3 is 5.97 Å². The number of hydrogen-bond acceptors (Lipinski definition) is 3. The highest BCUT2D eigenvalue weighted by Crippen LogP contribution is 2.39. The van der Waals surface area contributed by atoms with Gasteiger partial charge in [0.1, 0.15) is 0 Å². The summed E-state index contributed by atoms with van der Waals surface area (Å²) in [5.74, 6) is -11.7. The summed E-state index contributed by atoms with van der Waals surface area (Å²) in [6, 6.07) is 6.76. The Labute approximate surface area is 221 Å². The number of halogens is 6. The Balaban J connectivity index is 1.50. The van der Waals surface area contributed by atoms with Crippen LogP contribution >= 0.6 is 0 Å². The molecule has 3 nitrogen and oxygen atoms in total. The maximum absolute atomic E-state index is 14.9. The molecule has 0 spiro atoms. The molecule has 204 valence electrons. The Bertz CT molecular complexity index is 1480. The Kier molecular flexibility index (Phi) is 8.47. The molecular formula is C30H24F6O3. The molecule has 3 aromatic carbocycles. The van der Waals surface area contributed by atoms with E-state index in [4.69, 9.17) is 5.11 Å². The predicted octanol–water partition coefficient (Wildman–Crippen LogP) is 8.31. The first kappa shape index (κ1) is 28.0. The van der Waals surface area contributed by atoms with Crippen molar-refractivity contribution in [3.63, 3.8) is 0 Å². The summed E-state index contributed by atoms with van der Waals surface area (Å²) in [4.78, 5) is 12.3. The van der Waals surface area contributed by atoms with Crippen molar-refractivity contribution < 1.29 is 41.0 Å². The van der Waals surface area contributed by atoms with Crippen LogP contribution in [0.4, 0.5) is 26.3 Å². The van der Waals surface area contributed by atoms with Crippen LogP contribution < -0.4 is 4.74 Å². The van der Waals surface area contributed by atoms with E-state index >= 15 is 0 Å². The molecular weight excluding hydrogens is 522 g/mol. The molecule has 0 radical (unpaired) electrons. The van der Waals surface area contributed by atoms with Gasteiger partial charge in [-0.15, -0.1) is 0 Å². The lowest BCUT2D eigenvalue weighted by atomic mass is 9.82. The molecule has 0 aromatic heterocycles. The average molecular weight is 547 g/mol. The van der Waals surface area contributed by atoms with Gasteiger partial charge in [-0.25, -0.2) is 22.4 Å². The first-order valence-corrected chi connectivity index (χ1v) is 12.3. The Hall–Kier alpha value is -4.01. The van der Waals surface area contributed by atoms with Gasteiger partial charge in [0.2, 0.25) is 11.6 Å². The van der Waals surface area contributed by atoms with Gasteiger partial charge in [-0.2, -0.15) is 8.78 Å². The average Bonchev–Trinajstić information content (AvgIpc) is 2.93. The second kappa shape index (κ2) is 11.8. The third-order valence-electron chi connectivity index (χ3n) is 6.74. The first-order chi connectivity index (χ1) is 18.6. The molecule has 1 atom stereocenters. The van der Waals surface area contributed by atoms with E-state index in [0.29, 0.717) is 24.8 Å². The van der Waals surface area contributed by atoms with Gasteiger partial charge in [0.05, 0.1) is 5.56 Å². The van der Waals surface area contributed by atoms with Crippen molar-refractivity contribution >= 4 is 11.5 Å². The summed E-state index contributed by atoms with van der Waals surface area (Å²) in [5.41, 5.74) is -0.0186. The van der Waals surface area contributed by atoms with E-state index in [0.717, 1.165) is 24.3 Å². The number of benzene rings is 3. The van der Waals surface area contributed by atoms with E-state index in [-0.39, 0.29) is 35.4 Å². The highest BCUT2D eigenvalue weighted by atomic mass is 19.2. The number of esters is 1. The number of hydrogen-bond donors (Lipinski definition) is 1. The van der Waals surface area contributed by atoms with Gasteiger partial charge < -0.3 is 9.84 Å². The van der Waals surface area contributed by atoms with Crippen LogP contribution in [0.5, 0.6) is 11.5 Å². The summed E-state index contributed by atoms with van der Waals surface area (Å²) in [6.45, 7) is 1.85. The van der Waals surface area contributed by atoms with E-state index in [2.05, 4.69) is 4.74 Å². The summed E-state index contributed by atoms with van der Waals surface area (Å²) in [5, 5.41) is 9.16. The third kappa shape index (κ3) is 5.72. The minimum atomic E-state index is -1.66. The van der Waals surface area contributed by atoms with Gasteiger partial charge in [0.25, 0.3) is 0 Å². The van der Waals surface area contributed by atoms with E-state index in [1.165, 1.54) is 0 Å². The first-order valence-electron chi connectivity index (χ1n) is 12.3. The van der Waals surface area contributed by atoms with Crippen molar-refractivity contribution in [2.45, 2.75) is 44.9 Å². The highest BCUT2D eigenvalue weighted by molar-refractivity contribution is 5.92. The van der Waals surface area contributed by atoms with Crippen LogP contribution in [0.3, 0.4) is 0 Å². The third-order valence-corrected chi connectivity index (χ3v) is 6.74. The number of aromatic hydroxyl groups is 1. The van der Waals surface area contributed by atoms with Crippen molar-refractivity contribution in [3.8, 4) is 11.5 Å².